The second-order valence-electron chi connectivity index (χ2n) is 17.0. The zero-order chi connectivity index (χ0) is 36.4. The highest BCUT2D eigenvalue weighted by molar-refractivity contribution is 6.00. The summed E-state index contributed by atoms with van der Waals surface area (Å²) >= 11 is 0. The molecule has 2 spiro atoms. The number of Topliss-reactive ketones (excluding diaryl/α,β-unsaturated/α-hetero) is 1. The zero-order valence-electron chi connectivity index (χ0n) is 30.0. The van der Waals surface area contributed by atoms with Crippen LogP contribution in [-0.2, 0) is 47.6 Å². The van der Waals surface area contributed by atoms with E-state index in [1.54, 1.807) is 40.7 Å². The molecule has 0 radical (unpaired) electrons. The standard InChI is InChI=1S/C37H48O13/c1-19(2)27(42)47-29-32(6)17-36-33(7,22(32)14-24(38)39)18-45-34(8,50-36)49-35-12-9-11-31(5,26(41)21-10-13-44-16-21)23(35)15-25(40)46-30(35)37(29,36)48-28(43)20(3)4/h10,13,16,19-20,22-23,29-30H,9,11-12,14-15,17-18H2,1-8H3,(H,38,39). The van der Waals surface area contributed by atoms with Crippen LogP contribution in [-0.4, -0.2) is 76.4 Å². The zero-order valence-corrected chi connectivity index (χ0v) is 30.0. The molecule has 3 aliphatic heterocycles. The number of carbonyl (C=O) groups is 5. The van der Waals surface area contributed by atoms with E-state index in [4.69, 9.17) is 32.8 Å². The lowest BCUT2D eigenvalue weighted by atomic mass is 9.48. The van der Waals surface area contributed by atoms with Crippen molar-refractivity contribution in [1.82, 2.24) is 0 Å². The number of furan rings is 1. The summed E-state index contributed by atoms with van der Waals surface area (Å²) in [6.07, 6.45) is 0.710. The lowest BCUT2D eigenvalue weighted by molar-refractivity contribution is -0.477. The number of hydrogen-bond acceptors (Lipinski definition) is 12. The Kier molecular flexibility index (Phi) is 7.63. The molecule has 3 bridgehead atoms. The van der Waals surface area contributed by atoms with Crippen LogP contribution >= 0.6 is 0 Å². The Balaban J connectivity index is 1.55. The van der Waals surface area contributed by atoms with Gasteiger partial charge in [0, 0.05) is 35.5 Å². The molecule has 11 unspecified atom stereocenters. The Morgan fingerprint density at radius 2 is 1.70 bits per heavy atom. The first-order valence-corrected chi connectivity index (χ1v) is 17.7. The largest absolute Gasteiger partial charge is 0.481 e. The summed E-state index contributed by atoms with van der Waals surface area (Å²) in [5.41, 5.74) is -8.41. The number of hydrogen-bond donors (Lipinski definition) is 1. The third kappa shape index (κ3) is 4.25. The number of rotatable bonds is 8. The molecule has 6 fully saturated rings. The van der Waals surface area contributed by atoms with Crippen molar-refractivity contribution in [3.8, 4) is 0 Å². The molecule has 7 rings (SSSR count). The van der Waals surface area contributed by atoms with Gasteiger partial charge in [0.2, 0.25) is 5.60 Å². The average Bonchev–Trinajstić information content (AvgIpc) is 3.67. The minimum absolute atomic E-state index is 0.0600. The minimum Gasteiger partial charge on any atom is -0.481 e. The van der Waals surface area contributed by atoms with E-state index in [-0.39, 0.29) is 38.1 Å². The summed E-state index contributed by atoms with van der Waals surface area (Å²) in [5, 5.41) is 10.3. The predicted molar refractivity (Wildman–Crippen MR) is 170 cm³/mol. The summed E-state index contributed by atoms with van der Waals surface area (Å²) in [4.78, 5) is 69.0. The molecule has 0 amide bonds. The smallest absolute Gasteiger partial charge is 0.309 e. The van der Waals surface area contributed by atoms with E-state index < -0.39 is 98.8 Å². The van der Waals surface area contributed by atoms with Crippen molar-refractivity contribution in [2.45, 2.75) is 129 Å². The maximum atomic E-state index is 14.4. The SMILES string of the molecule is CC(C)C(=O)OC1C2(C)CC34OC(C)(OCC3(C)C2CC(=O)O)OC23CCCC(C)(C(=O)c5ccoc5)C2CC(=O)OC3C14OC(=O)C(C)C. The summed E-state index contributed by atoms with van der Waals surface area (Å²) < 4.78 is 45.7. The summed E-state index contributed by atoms with van der Waals surface area (Å²) in [5.74, 6) is -7.84. The van der Waals surface area contributed by atoms with Crippen LogP contribution in [0.5, 0.6) is 0 Å². The Bertz CT molecular complexity index is 1630. The van der Waals surface area contributed by atoms with Crippen molar-refractivity contribution in [3.63, 3.8) is 0 Å². The highest BCUT2D eigenvalue weighted by atomic mass is 16.9. The molecule has 3 aliphatic carbocycles. The van der Waals surface area contributed by atoms with Crippen molar-refractivity contribution in [2.75, 3.05) is 6.61 Å². The Morgan fingerprint density at radius 3 is 2.32 bits per heavy atom. The minimum atomic E-state index is -2.04. The molecule has 1 aromatic heterocycles. The van der Waals surface area contributed by atoms with E-state index in [0.717, 1.165) is 0 Å². The first kappa shape index (κ1) is 35.1. The molecular weight excluding hydrogens is 652 g/mol. The fourth-order valence-electron chi connectivity index (χ4n) is 11.2. The Labute approximate surface area is 291 Å². The fraction of sp³-hybridized carbons (Fsp3) is 0.757. The second-order valence-corrected chi connectivity index (χ2v) is 17.0. The molecule has 1 aromatic rings. The van der Waals surface area contributed by atoms with Gasteiger partial charge in [0.25, 0.3) is 5.97 Å². The summed E-state index contributed by atoms with van der Waals surface area (Å²) in [6.45, 7) is 13.7. The van der Waals surface area contributed by atoms with Crippen LogP contribution < -0.4 is 0 Å². The van der Waals surface area contributed by atoms with Gasteiger partial charge >= 0.3 is 23.9 Å². The van der Waals surface area contributed by atoms with Crippen molar-refractivity contribution in [1.29, 1.82) is 0 Å². The van der Waals surface area contributed by atoms with Crippen LogP contribution in [0.4, 0.5) is 0 Å². The van der Waals surface area contributed by atoms with Gasteiger partial charge in [-0.05, 0) is 37.7 Å². The quantitative estimate of drug-likeness (QED) is 0.222. The van der Waals surface area contributed by atoms with Gasteiger partial charge < -0.3 is 37.9 Å². The van der Waals surface area contributed by atoms with E-state index >= 15 is 0 Å². The lowest BCUT2D eigenvalue weighted by Crippen LogP contribution is -2.82. The highest BCUT2D eigenvalue weighted by Crippen LogP contribution is 2.80. The molecule has 3 saturated heterocycles. The third-order valence-corrected chi connectivity index (χ3v) is 13.3. The van der Waals surface area contributed by atoms with Crippen LogP contribution in [0.1, 0.15) is 104 Å². The number of esters is 3. The maximum absolute atomic E-state index is 14.4. The fourth-order valence-corrected chi connectivity index (χ4v) is 11.2. The third-order valence-electron chi connectivity index (χ3n) is 13.3. The number of ketones is 1. The van der Waals surface area contributed by atoms with Crippen molar-refractivity contribution < 1.29 is 61.9 Å². The molecule has 6 aliphatic rings. The van der Waals surface area contributed by atoms with E-state index in [2.05, 4.69) is 0 Å². The van der Waals surface area contributed by atoms with Gasteiger partial charge in [-0.1, -0.05) is 48.5 Å². The lowest BCUT2D eigenvalue weighted by Gasteiger charge is -2.64. The van der Waals surface area contributed by atoms with Crippen LogP contribution in [0.2, 0.25) is 0 Å². The molecule has 13 nitrogen and oxygen atoms in total. The molecular formula is C37H48O13. The summed E-state index contributed by atoms with van der Waals surface area (Å²) in [7, 11) is 0. The van der Waals surface area contributed by atoms with Crippen molar-refractivity contribution >= 4 is 29.7 Å². The topological polar surface area (TPSA) is 174 Å². The first-order chi connectivity index (χ1) is 23.3. The molecule has 13 heteroatoms. The van der Waals surface area contributed by atoms with Gasteiger partial charge in [-0.2, -0.15) is 0 Å². The van der Waals surface area contributed by atoms with E-state index in [9.17, 15) is 29.1 Å². The van der Waals surface area contributed by atoms with Gasteiger partial charge in [0.1, 0.15) is 17.5 Å². The number of ether oxygens (including phenoxy) is 6. The van der Waals surface area contributed by atoms with E-state index in [1.165, 1.54) is 12.5 Å². The van der Waals surface area contributed by atoms with Gasteiger partial charge in [-0.15, -0.1) is 0 Å². The predicted octanol–water partition coefficient (Wildman–Crippen LogP) is 4.84. The molecule has 3 saturated carbocycles. The van der Waals surface area contributed by atoms with Crippen LogP contribution in [0.25, 0.3) is 0 Å². The average molecular weight is 701 g/mol. The normalized spacial score (nSPS) is 45.7. The van der Waals surface area contributed by atoms with Crippen molar-refractivity contribution in [2.24, 2.45) is 39.9 Å². The molecule has 274 valence electrons. The Morgan fingerprint density at radius 1 is 1.00 bits per heavy atom. The summed E-state index contributed by atoms with van der Waals surface area (Å²) in [6, 6.07) is 1.58. The van der Waals surface area contributed by atoms with Crippen LogP contribution in [0.3, 0.4) is 0 Å². The van der Waals surface area contributed by atoms with E-state index in [1.807, 2.05) is 20.8 Å². The number of carbonyl (C=O) groups excluding carboxylic acids is 4. The van der Waals surface area contributed by atoms with Gasteiger partial charge in [0.15, 0.2) is 18.0 Å². The molecule has 0 aromatic carbocycles. The van der Waals surface area contributed by atoms with Gasteiger partial charge in [-0.25, -0.2) is 0 Å². The van der Waals surface area contributed by atoms with E-state index in [0.29, 0.717) is 18.4 Å². The monoisotopic (exact) mass is 700 g/mol. The van der Waals surface area contributed by atoms with Crippen LogP contribution in [0.15, 0.2) is 23.0 Å². The van der Waals surface area contributed by atoms with Gasteiger partial charge in [-0.3, -0.25) is 24.0 Å². The van der Waals surface area contributed by atoms with Crippen LogP contribution in [0, 0.1) is 39.9 Å². The number of fused-ring (bicyclic) bond motifs is 3. The molecule has 50 heavy (non-hydrogen) atoms. The molecule has 1 N–H and O–H groups in total. The molecule has 4 heterocycles. The highest BCUT2D eigenvalue weighted by Gasteiger charge is 2.94. The second kappa shape index (κ2) is 10.9. The first-order valence-electron chi connectivity index (χ1n) is 17.7. The van der Waals surface area contributed by atoms with Crippen molar-refractivity contribution in [3.05, 3.63) is 24.2 Å². The number of aliphatic carboxylic acids is 1. The number of carboxylic acids is 1. The van der Waals surface area contributed by atoms with Gasteiger partial charge in [0.05, 0.1) is 36.7 Å². The maximum Gasteiger partial charge on any atom is 0.309 e. The number of carboxylic acid groups (broad SMARTS) is 1. The Hall–Kier alpha value is -3.29. The molecule has 11 atom stereocenters.